The van der Waals surface area contributed by atoms with Crippen molar-refractivity contribution in [2.75, 3.05) is 6.61 Å². The van der Waals surface area contributed by atoms with Crippen LogP contribution in [0.1, 0.15) is 106 Å². The quantitative estimate of drug-likeness (QED) is 0.418. The van der Waals surface area contributed by atoms with Crippen molar-refractivity contribution in [3.63, 3.8) is 0 Å². The van der Waals surface area contributed by atoms with E-state index >= 15 is 0 Å². The van der Waals surface area contributed by atoms with Crippen LogP contribution in [-0.4, -0.2) is 34.0 Å². The van der Waals surface area contributed by atoms with Crippen LogP contribution in [0.5, 0.6) is 0 Å². The zero-order valence-electron chi connectivity index (χ0n) is 22.4. The van der Waals surface area contributed by atoms with Crippen LogP contribution in [0.15, 0.2) is 11.6 Å². The van der Waals surface area contributed by atoms with E-state index in [1.54, 1.807) is 0 Å². The molecule has 5 rings (SSSR count). The van der Waals surface area contributed by atoms with Crippen molar-refractivity contribution in [1.29, 1.82) is 0 Å². The Labute approximate surface area is 206 Å². The maximum absolute atomic E-state index is 12.7. The lowest BCUT2D eigenvalue weighted by Crippen LogP contribution is -2.67. The number of aliphatic hydroxyl groups is 2. The number of hydrogen-bond acceptors (Lipinski definition) is 3. The molecule has 0 aromatic rings. The molecule has 9 atom stereocenters. The lowest BCUT2D eigenvalue weighted by molar-refractivity contribution is -0.238. The summed E-state index contributed by atoms with van der Waals surface area (Å²) in [5.74, 6) is 0.630. The third kappa shape index (κ3) is 2.88. The molecule has 192 valence electrons. The molecule has 4 fully saturated rings. The molecular weight excluding hydrogens is 424 g/mol. The van der Waals surface area contributed by atoms with E-state index in [4.69, 9.17) is 0 Å². The third-order valence-electron chi connectivity index (χ3n) is 13.1. The lowest BCUT2D eigenvalue weighted by atomic mass is 9.32. The van der Waals surface area contributed by atoms with Crippen LogP contribution in [-0.2, 0) is 4.79 Å². The number of carbonyl (C=O) groups is 1. The van der Waals surface area contributed by atoms with Gasteiger partial charge in [-0.1, -0.05) is 53.2 Å². The summed E-state index contributed by atoms with van der Waals surface area (Å²) in [7, 11) is 0. The van der Waals surface area contributed by atoms with Gasteiger partial charge in [-0.2, -0.15) is 0 Å². The van der Waals surface area contributed by atoms with Gasteiger partial charge in [0.25, 0.3) is 0 Å². The number of rotatable bonds is 2. The van der Waals surface area contributed by atoms with Gasteiger partial charge in [0.15, 0.2) is 0 Å². The summed E-state index contributed by atoms with van der Waals surface area (Å²) in [6.45, 7) is 14.2. The Bertz CT molecular complexity index is 907. The molecule has 4 heteroatoms. The van der Waals surface area contributed by atoms with E-state index in [9.17, 15) is 20.1 Å². The fraction of sp³-hybridized carbons (Fsp3) is 0.900. The molecule has 5 aliphatic carbocycles. The van der Waals surface area contributed by atoms with Crippen molar-refractivity contribution in [2.24, 2.45) is 50.2 Å². The molecule has 0 spiro atoms. The molecule has 4 saturated carbocycles. The first-order valence-corrected chi connectivity index (χ1v) is 14.0. The van der Waals surface area contributed by atoms with Crippen LogP contribution in [0.2, 0.25) is 0 Å². The minimum atomic E-state index is -0.658. The summed E-state index contributed by atoms with van der Waals surface area (Å²) in [4.78, 5) is 12.7. The van der Waals surface area contributed by atoms with Crippen molar-refractivity contribution in [1.82, 2.24) is 0 Å². The topological polar surface area (TPSA) is 77.8 Å². The molecule has 0 aromatic heterocycles. The average molecular weight is 473 g/mol. The molecule has 0 aromatic carbocycles. The molecule has 5 aliphatic rings. The zero-order valence-corrected chi connectivity index (χ0v) is 22.4. The van der Waals surface area contributed by atoms with Gasteiger partial charge in [0.2, 0.25) is 0 Å². The van der Waals surface area contributed by atoms with Crippen molar-refractivity contribution < 1.29 is 20.1 Å². The maximum Gasteiger partial charge on any atom is 0.313 e. The SMILES string of the molecule is CC1(C)C=C2[C@H]3CC[C@H]4[C@@]5(C)CC[C@H](O)[C@@](C)(CO)[C@H]5CC[C@@]4(C)[C@]3(C)CC[C@@]2(C(=O)O)CC1. The Balaban J connectivity index is 1.58. The molecular formula is C30H48O4. The van der Waals surface area contributed by atoms with Gasteiger partial charge in [0, 0.05) is 5.41 Å². The van der Waals surface area contributed by atoms with Crippen LogP contribution < -0.4 is 0 Å². The summed E-state index contributed by atoms with van der Waals surface area (Å²) in [6, 6.07) is 0. The highest BCUT2D eigenvalue weighted by Gasteiger charge is 2.70. The number of fused-ring (bicyclic) bond motifs is 7. The Morgan fingerprint density at radius 2 is 1.53 bits per heavy atom. The van der Waals surface area contributed by atoms with Gasteiger partial charge in [-0.25, -0.2) is 0 Å². The summed E-state index contributed by atoms with van der Waals surface area (Å²) < 4.78 is 0. The fourth-order valence-electron chi connectivity index (χ4n) is 10.7. The van der Waals surface area contributed by atoms with Gasteiger partial charge >= 0.3 is 5.97 Å². The molecule has 0 aliphatic heterocycles. The van der Waals surface area contributed by atoms with Gasteiger partial charge in [-0.3, -0.25) is 4.79 Å². The number of carboxylic acids is 1. The first kappa shape index (κ1) is 24.8. The Morgan fingerprint density at radius 1 is 0.853 bits per heavy atom. The highest BCUT2D eigenvalue weighted by molar-refractivity contribution is 5.80. The van der Waals surface area contributed by atoms with E-state index in [0.717, 1.165) is 64.2 Å². The minimum absolute atomic E-state index is 0.0564. The van der Waals surface area contributed by atoms with E-state index in [-0.39, 0.29) is 28.3 Å². The summed E-state index contributed by atoms with van der Waals surface area (Å²) >= 11 is 0. The first-order valence-electron chi connectivity index (χ1n) is 14.0. The van der Waals surface area contributed by atoms with Gasteiger partial charge in [0.1, 0.15) is 0 Å². The number of allylic oxidation sites excluding steroid dienone is 1. The van der Waals surface area contributed by atoms with Crippen molar-refractivity contribution in [3.05, 3.63) is 11.6 Å². The standard InChI is InChI=1S/C30H48O4/c1-25(2)13-15-30(24(33)34)16-14-28(5)19(20(30)17-25)7-8-22-26(3)11-10-23(32)27(4,18-31)21(26)9-12-29(22,28)6/h17,19,21-23,31-32H,7-16,18H2,1-6H3,(H,33,34)/t19-,21+,22+,23+,26+,27+,28-,29-,30+/m1/s1. The predicted molar refractivity (Wildman–Crippen MR) is 134 cm³/mol. The van der Waals surface area contributed by atoms with Crippen LogP contribution in [0.4, 0.5) is 0 Å². The number of hydrogen-bond donors (Lipinski definition) is 3. The lowest BCUT2D eigenvalue weighted by Gasteiger charge is -2.72. The molecule has 0 amide bonds. The molecule has 4 nitrogen and oxygen atoms in total. The number of carboxylic acid groups (broad SMARTS) is 1. The molecule has 0 heterocycles. The zero-order chi connectivity index (χ0) is 24.9. The van der Waals surface area contributed by atoms with E-state index in [1.807, 2.05) is 0 Å². The van der Waals surface area contributed by atoms with E-state index < -0.39 is 22.9 Å². The first-order chi connectivity index (χ1) is 15.7. The normalized spacial score (nSPS) is 54.1. The third-order valence-corrected chi connectivity index (χ3v) is 13.1. The second-order valence-corrected chi connectivity index (χ2v) is 14.8. The van der Waals surface area contributed by atoms with Crippen molar-refractivity contribution >= 4 is 5.97 Å². The number of aliphatic hydroxyl groups excluding tert-OH is 2. The number of aliphatic carboxylic acids is 1. The monoisotopic (exact) mass is 472 g/mol. The average Bonchev–Trinajstić information content (AvgIpc) is 2.76. The van der Waals surface area contributed by atoms with Crippen LogP contribution in [0.3, 0.4) is 0 Å². The van der Waals surface area contributed by atoms with E-state index in [1.165, 1.54) is 5.57 Å². The van der Waals surface area contributed by atoms with E-state index in [2.05, 4.69) is 47.6 Å². The second kappa shape index (κ2) is 7.34. The van der Waals surface area contributed by atoms with Crippen LogP contribution in [0, 0.1) is 50.2 Å². The molecule has 0 bridgehead atoms. The van der Waals surface area contributed by atoms with Crippen LogP contribution >= 0.6 is 0 Å². The molecule has 0 unspecified atom stereocenters. The fourth-order valence-corrected chi connectivity index (χ4v) is 10.7. The van der Waals surface area contributed by atoms with Gasteiger partial charge < -0.3 is 15.3 Å². The summed E-state index contributed by atoms with van der Waals surface area (Å²) in [5, 5.41) is 31.8. The highest BCUT2D eigenvalue weighted by Crippen LogP contribution is 2.76. The molecule has 0 saturated heterocycles. The Hall–Kier alpha value is -0.870. The molecule has 34 heavy (non-hydrogen) atoms. The second-order valence-electron chi connectivity index (χ2n) is 14.8. The highest BCUT2D eigenvalue weighted by atomic mass is 16.4. The van der Waals surface area contributed by atoms with Crippen molar-refractivity contribution in [3.8, 4) is 0 Å². The predicted octanol–water partition coefficient (Wildman–Crippen LogP) is 6.21. The van der Waals surface area contributed by atoms with E-state index in [0.29, 0.717) is 17.8 Å². The summed E-state index contributed by atoms with van der Waals surface area (Å²) in [6.07, 6.45) is 11.6. The Morgan fingerprint density at radius 3 is 2.18 bits per heavy atom. The largest absolute Gasteiger partial charge is 0.481 e. The van der Waals surface area contributed by atoms with Gasteiger partial charge in [-0.15, -0.1) is 0 Å². The Kier molecular flexibility index (Phi) is 5.36. The van der Waals surface area contributed by atoms with Crippen molar-refractivity contribution in [2.45, 2.75) is 112 Å². The molecule has 3 N–H and O–H groups in total. The smallest absolute Gasteiger partial charge is 0.313 e. The van der Waals surface area contributed by atoms with Gasteiger partial charge in [-0.05, 0) is 104 Å². The van der Waals surface area contributed by atoms with Gasteiger partial charge in [0.05, 0.1) is 18.1 Å². The summed E-state index contributed by atoms with van der Waals surface area (Å²) in [5.41, 5.74) is 0.591. The molecule has 0 radical (unpaired) electrons. The van der Waals surface area contributed by atoms with Crippen LogP contribution in [0.25, 0.3) is 0 Å². The minimum Gasteiger partial charge on any atom is -0.481 e. The maximum atomic E-state index is 12.7.